The Balaban J connectivity index is 2.06. The number of rotatable bonds is 4. The number of aromatic nitrogens is 1. The molecule has 0 aliphatic carbocycles. The molecule has 6 heteroatoms. The molecular formula is C19H19FN2O2S. The van der Waals surface area contributed by atoms with Crippen molar-refractivity contribution in [3.63, 3.8) is 0 Å². The number of hydrogen-bond donors (Lipinski definition) is 0. The maximum absolute atomic E-state index is 13.2. The first kappa shape index (κ1) is 17.4. The van der Waals surface area contributed by atoms with Crippen LogP contribution in [0.3, 0.4) is 0 Å². The van der Waals surface area contributed by atoms with Crippen molar-refractivity contribution in [3.05, 3.63) is 72.2 Å². The van der Waals surface area contributed by atoms with E-state index in [4.69, 9.17) is 0 Å². The summed E-state index contributed by atoms with van der Waals surface area (Å²) < 4.78 is 40.8. The van der Waals surface area contributed by atoms with Gasteiger partial charge in [-0.15, -0.1) is 0 Å². The van der Waals surface area contributed by atoms with Crippen molar-refractivity contribution >= 4 is 10.0 Å². The smallest absolute Gasteiger partial charge is 0.242 e. The summed E-state index contributed by atoms with van der Waals surface area (Å²) >= 11 is 0. The fraction of sp³-hybridized carbons (Fsp3) is 0.158. The van der Waals surface area contributed by atoms with E-state index in [2.05, 4.69) is 0 Å². The average molecular weight is 358 g/mol. The highest BCUT2D eigenvalue weighted by molar-refractivity contribution is 7.89. The van der Waals surface area contributed by atoms with Crippen molar-refractivity contribution in [1.82, 2.24) is 8.87 Å². The third-order valence-electron chi connectivity index (χ3n) is 4.09. The number of hydrogen-bond acceptors (Lipinski definition) is 2. The van der Waals surface area contributed by atoms with Gasteiger partial charge in [-0.3, -0.25) is 0 Å². The van der Waals surface area contributed by atoms with Crippen LogP contribution in [0.4, 0.5) is 4.39 Å². The molecule has 1 heterocycles. The lowest BCUT2D eigenvalue weighted by Gasteiger charge is -2.14. The zero-order valence-electron chi connectivity index (χ0n) is 14.3. The van der Waals surface area contributed by atoms with E-state index in [-0.39, 0.29) is 10.7 Å². The molecule has 1 aromatic heterocycles. The maximum Gasteiger partial charge on any atom is 0.242 e. The molecule has 4 nitrogen and oxygen atoms in total. The molecule has 2 aromatic carbocycles. The first-order valence-electron chi connectivity index (χ1n) is 7.78. The Labute approximate surface area is 147 Å². The Morgan fingerprint density at radius 1 is 0.880 bits per heavy atom. The molecule has 0 saturated heterocycles. The molecule has 0 N–H and O–H groups in total. The van der Waals surface area contributed by atoms with Crippen LogP contribution in [0.2, 0.25) is 0 Å². The number of nitrogens with zero attached hydrogens (tertiary/aromatic N) is 2. The van der Waals surface area contributed by atoms with Gasteiger partial charge in [0.2, 0.25) is 10.0 Å². The molecule has 0 spiro atoms. The molecule has 0 aliphatic rings. The summed E-state index contributed by atoms with van der Waals surface area (Å²) in [4.78, 5) is 0.245. The molecule has 0 fully saturated rings. The van der Waals surface area contributed by atoms with E-state index in [1.807, 2.05) is 23.6 Å². The van der Waals surface area contributed by atoms with Gasteiger partial charge in [-0.2, -0.15) is 0 Å². The van der Waals surface area contributed by atoms with Crippen LogP contribution < -0.4 is 0 Å². The minimum absolute atomic E-state index is 0.245. The zero-order valence-corrected chi connectivity index (χ0v) is 15.1. The van der Waals surface area contributed by atoms with Gasteiger partial charge in [0.25, 0.3) is 0 Å². The summed E-state index contributed by atoms with van der Waals surface area (Å²) in [5.41, 5.74) is 3.65. The lowest BCUT2D eigenvalue weighted by molar-refractivity contribution is 0.521. The lowest BCUT2D eigenvalue weighted by atomic mass is 10.1. The molecule has 130 valence electrons. The van der Waals surface area contributed by atoms with Crippen LogP contribution in [-0.2, 0) is 10.0 Å². The molecule has 0 saturated carbocycles. The Hall–Kier alpha value is -2.44. The molecular weight excluding hydrogens is 339 g/mol. The summed E-state index contributed by atoms with van der Waals surface area (Å²) in [6, 6.07) is 17.0. The summed E-state index contributed by atoms with van der Waals surface area (Å²) in [5, 5.41) is 0. The Morgan fingerprint density at radius 2 is 1.48 bits per heavy atom. The number of halogens is 1. The van der Waals surface area contributed by atoms with E-state index >= 15 is 0 Å². The monoisotopic (exact) mass is 358 g/mol. The average Bonchev–Trinajstić information content (AvgIpc) is 2.97. The number of sulfonamides is 1. The highest BCUT2D eigenvalue weighted by atomic mass is 32.2. The van der Waals surface area contributed by atoms with E-state index in [9.17, 15) is 12.8 Å². The predicted molar refractivity (Wildman–Crippen MR) is 96.8 cm³/mol. The SMILES string of the molecule is Cc1ccc(-c2ccc(F)cc2)n1-c1ccc(S(=O)(=O)N(C)C)cc1. The molecule has 0 atom stereocenters. The molecule has 3 aromatic rings. The van der Waals surface area contributed by atoms with E-state index in [0.29, 0.717) is 0 Å². The van der Waals surface area contributed by atoms with Crippen molar-refractivity contribution in [2.75, 3.05) is 14.1 Å². The number of aryl methyl sites for hydroxylation is 1. The molecule has 0 bridgehead atoms. The van der Waals surface area contributed by atoms with Crippen LogP contribution >= 0.6 is 0 Å². The van der Waals surface area contributed by atoms with Crippen LogP contribution in [0, 0.1) is 12.7 Å². The molecule has 0 aliphatic heterocycles. The topological polar surface area (TPSA) is 42.3 Å². The van der Waals surface area contributed by atoms with Gasteiger partial charge in [0.15, 0.2) is 0 Å². The third kappa shape index (κ3) is 3.23. The fourth-order valence-electron chi connectivity index (χ4n) is 2.71. The molecule has 0 radical (unpaired) electrons. The molecule has 25 heavy (non-hydrogen) atoms. The largest absolute Gasteiger partial charge is 0.314 e. The maximum atomic E-state index is 13.2. The number of benzene rings is 2. The minimum Gasteiger partial charge on any atom is -0.314 e. The van der Waals surface area contributed by atoms with Gasteiger partial charge >= 0.3 is 0 Å². The van der Waals surface area contributed by atoms with E-state index < -0.39 is 10.0 Å². The zero-order chi connectivity index (χ0) is 18.2. The molecule has 3 rings (SSSR count). The van der Waals surface area contributed by atoms with Crippen LogP contribution in [0.5, 0.6) is 0 Å². The highest BCUT2D eigenvalue weighted by Gasteiger charge is 2.17. The normalized spacial score (nSPS) is 11.9. The van der Waals surface area contributed by atoms with Crippen molar-refractivity contribution in [3.8, 4) is 16.9 Å². The van der Waals surface area contributed by atoms with Crippen LogP contribution in [0.25, 0.3) is 16.9 Å². The molecule has 0 unspecified atom stereocenters. The van der Waals surface area contributed by atoms with Crippen LogP contribution in [0.15, 0.2) is 65.6 Å². The quantitative estimate of drug-likeness (QED) is 0.711. The fourth-order valence-corrected chi connectivity index (χ4v) is 3.61. The van der Waals surface area contributed by atoms with Gasteiger partial charge in [-0.05, 0) is 73.2 Å². The lowest BCUT2D eigenvalue weighted by Crippen LogP contribution is -2.22. The van der Waals surface area contributed by atoms with Gasteiger partial charge in [0.1, 0.15) is 5.82 Å². The highest BCUT2D eigenvalue weighted by Crippen LogP contribution is 2.27. The van der Waals surface area contributed by atoms with Gasteiger partial charge in [0.05, 0.1) is 10.6 Å². The Bertz CT molecular complexity index is 989. The third-order valence-corrected chi connectivity index (χ3v) is 5.92. The van der Waals surface area contributed by atoms with Gasteiger partial charge in [0, 0.05) is 25.5 Å². The second-order valence-electron chi connectivity index (χ2n) is 5.98. The summed E-state index contributed by atoms with van der Waals surface area (Å²) in [7, 11) is -0.445. The van der Waals surface area contributed by atoms with Gasteiger partial charge in [-0.25, -0.2) is 17.1 Å². The minimum atomic E-state index is -3.46. The van der Waals surface area contributed by atoms with Gasteiger partial charge < -0.3 is 4.57 Å². The van der Waals surface area contributed by atoms with Crippen molar-refractivity contribution in [2.45, 2.75) is 11.8 Å². The van der Waals surface area contributed by atoms with Gasteiger partial charge in [-0.1, -0.05) is 0 Å². The predicted octanol–water partition coefficient (Wildman–Crippen LogP) is 3.84. The Kier molecular flexibility index (Phi) is 4.49. The van der Waals surface area contributed by atoms with Crippen molar-refractivity contribution < 1.29 is 12.8 Å². The first-order valence-corrected chi connectivity index (χ1v) is 9.22. The molecule has 0 amide bonds. The van der Waals surface area contributed by atoms with Crippen molar-refractivity contribution in [1.29, 1.82) is 0 Å². The van der Waals surface area contributed by atoms with E-state index in [1.54, 1.807) is 36.4 Å². The van der Waals surface area contributed by atoms with E-state index in [1.165, 1.54) is 30.5 Å². The van der Waals surface area contributed by atoms with Crippen LogP contribution in [0.1, 0.15) is 5.69 Å². The van der Waals surface area contributed by atoms with Crippen LogP contribution in [-0.4, -0.2) is 31.4 Å². The summed E-state index contributed by atoms with van der Waals surface area (Å²) in [5.74, 6) is -0.281. The first-order chi connectivity index (χ1) is 11.8. The summed E-state index contributed by atoms with van der Waals surface area (Å²) in [6.07, 6.45) is 0. The van der Waals surface area contributed by atoms with Crippen molar-refractivity contribution in [2.24, 2.45) is 0 Å². The second-order valence-corrected chi connectivity index (χ2v) is 8.14. The Morgan fingerprint density at radius 3 is 2.04 bits per heavy atom. The second kappa shape index (κ2) is 6.46. The summed E-state index contributed by atoms with van der Waals surface area (Å²) in [6.45, 7) is 1.97. The van der Waals surface area contributed by atoms with E-state index in [0.717, 1.165) is 22.6 Å². The standard InChI is InChI=1S/C19H19FN2O2S/c1-14-4-13-19(15-5-7-16(20)8-6-15)22(14)17-9-11-18(12-10-17)25(23,24)21(2)3/h4-13H,1-3H3.